The van der Waals surface area contributed by atoms with Crippen LogP contribution in [-0.4, -0.2) is 12.1 Å². The van der Waals surface area contributed by atoms with Gasteiger partial charge in [0.25, 0.3) is 0 Å². The molecule has 172 valence electrons. The Morgan fingerprint density at radius 3 is 2.29 bits per heavy atom. The molecule has 0 heterocycles. The van der Waals surface area contributed by atoms with E-state index in [1.165, 1.54) is 12.1 Å². The Hall–Kier alpha value is -4.51. The van der Waals surface area contributed by atoms with Gasteiger partial charge in [-0.3, -0.25) is 4.79 Å². The molecule has 0 bridgehead atoms. The highest BCUT2D eigenvalue weighted by Gasteiger charge is 2.09. The molecule has 0 aromatic heterocycles. The first-order chi connectivity index (χ1) is 17.2. The molecule has 0 aliphatic rings. The van der Waals surface area contributed by atoms with E-state index in [4.69, 9.17) is 4.74 Å². The molecule has 0 unspecified atom stereocenters. The first kappa shape index (κ1) is 22.3. The van der Waals surface area contributed by atoms with Gasteiger partial charge in [0.15, 0.2) is 0 Å². The number of benzene rings is 5. The summed E-state index contributed by atoms with van der Waals surface area (Å²) in [6.07, 6.45) is 1.84. The molecule has 5 aromatic rings. The number of hydrogen-bond acceptors (Lipinski definition) is 3. The summed E-state index contributed by atoms with van der Waals surface area (Å²) in [5, 5.41) is 8.38. The first-order valence-corrected chi connectivity index (χ1v) is 11.3. The summed E-state index contributed by atoms with van der Waals surface area (Å²) >= 11 is 0. The maximum atomic E-state index is 13.2. The van der Waals surface area contributed by atoms with E-state index in [-0.39, 0.29) is 24.8 Å². The number of amides is 1. The number of hydrazone groups is 1. The number of fused-ring (bicyclic) bond motifs is 2. The zero-order valence-electron chi connectivity index (χ0n) is 18.9. The van der Waals surface area contributed by atoms with Crippen LogP contribution < -0.4 is 10.2 Å². The highest BCUT2D eigenvalue weighted by Crippen LogP contribution is 2.27. The lowest BCUT2D eigenvalue weighted by Gasteiger charge is -2.12. The van der Waals surface area contributed by atoms with Crippen LogP contribution in [0.5, 0.6) is 5.75 Å². The third-order valence-electron chi connectivity index (χ3n) is 5.85. The van der Waals surface area contributed by atoms with Gasteiger partial charge in [-0.05, 0) is 50.9 Å². The second-order valence-corrected chi connectivity index (χ2v) is 8.22. The predicted octanol–water partition coefficient (Wildman–Crippen LogP) is 6.40. The van der Waals surface area contributed by atoms with Gasteiger partial charge in [-0.15, -0.1) is 0 Å². The van der Waals surface area contributed by atoms with Crippen LogP contribution in [-0.2, 0) is 17.8 Å². The Kier molecular flexibility index (Phi) is 6.48. The van der Waals surface area contributed by atoms with Gasteiger partial charge in [-0.2, -0.15) is 5.10 Å². The van der Waals surface area contributed by atoms with Crippen molar-refractivity contribution in [3.8, 4) is 5.75 Å². The summed E-state index contributed by atoms with van der Waals surface area (Å²) in [5.41, 5.74) is 5.21. The summed E-state index contributed by atoms with van der Waals surface area (Å²) in [5.74, 6) is 0.137. The van der Waals surface area contributed by atoms with E-state index in [0.717, 1.165) is 38.2 Å². The molecule has 0 fully saturated rings. The minimum Gasteiger partial charge on any atom is -0.488 e. The number of nitrogens with zero attached hydrogens (tertiary/aromatic N) is 1. The first-order valence-electron chi connectivity index (χ1n) is 11.3. The number of rotatable bonds is 7. The Morgan fingerprint density at radius 2 is 1.49 bits per heavy atom. The fourth-order valence-electron chi connectivity index (χ4n) is 4.10. The maximum absolute atomic E-state index is 13.2. The van der Waals surface area contributed by atoms with Crippen LogP contribution in [0, 0.1) is 5.82 Å². The Morgan fingerprint density at radius 1 is 0.800 bits per heavy atom. The summed E-state index contributed by atoms with van der Waals surface area (Å²) in [6.45, 7) is 0.285. The molecule has 0 aliphatic heterocycles. The molecule has 5 aromatic carbocycles. The molecule has 5 heteroatoms. The minimum atomic E-state index is -0.286. The van der Waals surface area contributed by atoms with Crippen LogP contribution in [0.4, 0.5) is 4.39 Å². The Balaban J connectivity index is 1.35. The fraction of sp³-hybridized carbons (Fsp3) is 0.0667. The standard InChI is InChI=1S/C30H23FN2O2/c31-25-15-12-21(13-16-25)20-35-29-17-14-23-7-2-4-11-27(23)28(29)19-32-33-30(34)18-24-9-5-8-22-6-1-3-10-26(22)24/h1-17,19H,18,20H2,(H,33,34). The summed E-state index contributed by atoms with van der Waals surface area (Å²) in [4.78, 5) is 12.6. The zero-order chi connectivity index (χ0) is 24.0. The molecule has 1 amide bonds. The molecule has 0 spiro atoms. The molecule has 4 nitrogen and oxygen atoms in total. The summed E-state index contributed by atoms with van der Waals surface area (Å²) < 4.78 is 19.3. The van der Waals surface area contributed by atoms with Gasteiger partial charge < -0.3 is 4.74 Å². The molecule has 5 rings (SSSR count). The number of nitrogens with one attached hydrogen (secondary N) is 1. The van der Waals surface area contributed by atoms with E-state index in [1.807, 2.05) is 78.9 Å². The summed E-state index contributed by atoms with van der Waals surface area (Å²) in [7, 11) is 0. The van der Waals surface area contributed by atoms with Crippen LogP contribution in [0.15, 0.2) is 108 Å². The molecule has 0 radical (unpaired) electrons. The molecule has 0 saturated carbocycles. The van der Waals surface area contributed by atoms with Crippen LogP contribution in [0.25, 0.3) is 21.5 Å². The predicted molar refractivity (Wildman–Crippen MR) is 138 cm³/mol. The molecule has 0 saturated heterocycles. The molecule has 0 aliphatic carbocycles. The van der Waals surface area contributed by atoms with Gasteiger partial charge in [-0.1, -0.05) is 84.9 Å². The van der Waals surface area contributed by atoms with E-state index in [0.29, 0.717) is 5.75 Å². The van der Waals surface area contributed by atoms with Crippen molar-refractivity contribution in [2.75, 3.05) is 0 Å². The molecule has 0 atom stereocenters. The van der Waals surface area contributed by atoms with Crippen molar-refractivity contribution in [3.63, 3.8) is 0 Å². The van der Waals surface area contributed by atoms with Gasteiger partial charge in [-0.25, -0.2) is 9.82 Å². The Bertz CT molecular complexity index is 1520. The van der Waals surface area contributed by atoms with Crippen molar-refractivity contribution in [1.82, 2.24) is 5.43 Å². The van der Waals surface area contributed by atoms with Crippen molar-refractivity contribution in [2.45, 2.75) is 13.0 Å². The zero-order valence-corrected chi connectivity index (χ0v) is 18.9. The van der Waals surface area contributed by atoms with E-state index >= 15 is 0 Å². The molecule has 35 heavy (non-hydrogen) atoms. The topological polar surface area (TPSA) is 50.7 Å². The lowest BCUT2D eigenvalue weighted by molar-refractivity contribution is -0.120. The number of ether oxygens (including phenoxy) is 1. The number of hydrogen-bond donors (Lipinski definition) is 1. The molecular weight excluding hydrogens is 439 g/mol. The van der Waals surface area contributed by atoms with Crippen molar-refractivity contribution in [1.29, 1.82) is 0 Å². The van der Waals surface area contributed by atoms with Gasteiger partial charge >= 0.3 is 0 Å². The van der Waals surface area contributed by atoms with E-state index in [2.05, 4.69) is 10.5 Å². The van der Waals surface area contributed by atoms with Crippen LogP contribution in [0.1, 0.15) is 16.7 Å². The Labute approximate surface area is 202 Å². The third kappa shape index (κ3) is 5.20. The number of halogens is 1. The maximum Gasteiger partial charge on any atom is 0.244 e. The SMILES string of the molecule is O=C(Cc1cccc2ccccc12)NN=Cc1c(OCc2ccc(F)cc2)ccc2ccccc12. The molecule has 1 N–H and O–H groups in total. The largest absolute Gasteiger partial charge is 0.488 e. The van der Waals surface area contributed by atoms with Crippen molar-refractivity contribution in [2.24, 2.45) is 5.10 Å². The number of carbonyl (C=O) groups excluding carboxylic acids is 1. The van der Waals surface area contributed by atoms with Gasteiger partial charge in [0, 0.05) is 5.56 Å². The normalized spacial score (nSPS) is 11.2. The lowest BCUT2D eigenvalue weighted by atomic mass is 10.0. The van der Waals surface area contributed by atoms with Crippen molar-refractivity contribution >= 4 is 33.7 Å². The highest BCUT2D eigenvalue weighted by molar-refractivity contribution is 6.02. The van der Waals surface area contributed by atoms with Gasteiger partial charge in [0.1, 0.15) is 18.2 Å². The average molecular weight is 463 g/mol. The van der Waals surface area contributed by atoms with Gasteiger partial charge in [0.05, 0.1) is 12.6 Å². The monoisotopic (exact) mass is 462 g/mol. The average Bonchev–Trinajstić information content (AvgIpc) is 2.89. The van der Waals surface area contributed by atoms with Crippen molar-refractivity contribution in [3.05, 3.63) is 126 Å². The van der Waals surface area contributed by atoms with Crippen LogP contribution >= 0.6 is 0 Å². The smallest absolute Gasteiger partial charge is 0.244 e. The number of carbonyl (C=O) groups is 1. The fourth-order valence-corrected chi connectivity index (χ4v) is 4.10. The van der Waals surface area contributed by atoms with E-state index < -0.39 is 0 Å². The quantitative estimate of drug-likeness (QED) is 0.225. The molecular formula is C30H23FN2O2. The van der Waals surface area contributed by atoms with Gasteiger partial charge in [0.2, 0.25) is 5.91 Å². The van der Waals surface area contributed by atoms with Crippen molar-refractivity contribution < 1.29 is 13.9 Å². The van der Waals surface area contributed by atoms with Crippen LogP contribution in [0.2, 0.25) is 0 Å². The second-order valence-electron chi connectivity index (χ2n) is 8.22. The third-order valence-corrected chi connectivity index (χ3v) is 5.85. The van der Waals surface area contributed by atoms with E-state index in [9.17, 15) is 9.18 Å². The second kappa shape index (κ2) is 10.2. The lowest BCUT2D eigenvalue weighted by Crippen LogP contribution is -2.20. The van der Waals surface area contributed by atoms with E-state index in [1.54, 1.807) is 18.3 Å². The summed E-state index contributed by atoms with van der Waals surface area (Å²) in [6, 6.07) is 31.9. The minimum absolute atomic E-state index is 0.202. The van der Waals surface area contributed by atoms with Crippen LogP contribution in [0.3, 0.4) is 0 Å². The highest BCUT2D eigenvalue weighted by atomic mass is 19.1.